The Morgan fingerprint density at radius 2 is 2.21 bits per heavy atom. The maximum absolute atomic E-state index is 10.2. The van der Waals surface area contributed by atoms with Gasteiger partial charge in [-0.2, -0.15) is 0 Å². The number of carboxylic acids is 1. The zero-order chi connectivity index (χ0) is 10.4. The second-order valence-corrected chi connectivity index (χ2v) is 2.62. The molecule has 6 heteroatoms. The molecule has 0 unspecified atom stereocenters. The molecule has 1 N–H and O–H groups in total. The molecule has 0 saturated heterocycles. The molecular formula is C8H12N2O4. The number of aromatic nitrogens is 2. The Morgan fingerprint density at radius 1 is 1.50 bits per heavy atom. The average Bonchev–Trinajstić information content (AvgIpc) is 2.59. The predicted molar refractivity (Wildman–Crippen MR) is 45.6 cm³/mol. The number of nitrogens with zero attached hydrogens (tertiary/aromatic N) is 2. The highest BCUT2D eigenvalue weighted by Gasteiger charge is 2.07. The van der Waals surface area contributed by atoms with Crippen molar-refractivity contribution < 1.29 is 19.1 Å². The third-order valence-electron chi connectivity index (χ3n) is 1.49. The molecule has 6 nitrogen and oxygen atoms in total. The van der Waals surface area contributed by atoms with Crippen LogP contribution >= 0.6 is 0 Å². The van der Waals surface area contributed by atoms with Gasteiger partial charge >= 0.3 is 5.97 Å². The van der Waals surface area contributed by atoms with Crippen LogP contribution in [-0.4, -0.2) is 27.9 Å². The van der Waals surface area contributed by atoms with Crippen LogP contribution in [-0.2, 0) is 22.6 Å². The van der Waals surface area contributed by atoms with Crippen molar-refractivity contribution in [3.63, 3.8) is 0 Å². The van der Waals surface area contributed by atoms with Gasteiger partial charge < -0.3 is 14.3 Å². The normalized spacial score (nSPS) is 10.4. The Balaban J connectivity index is 2.38. The maximum Gasteiger partial charge on any atom is 0.303 e. The van der Waals surface area contributed by atoms with E-state index in [1.807, 2.05) is 6.92 Å². The first kappa shape index (κ1) is 10.6. The Labute approximate surface area is 80.9 Å². The van der Waals surface area contributed by atoms with Crippen LogP contribution in [0.25, 0.3) is 0 Å². The number of aryl methyl sites for hydroxylation is 1. The molecule has 1 aromatic rings. The van der Waals surface area contributed by atoms with Crippen LogP contribution < -0.4 is 0 Å². The number of aliphatic carboxylic acids is 1. The van der Waals surface area contributed by atoms with Crippen molar-refractivity contribution in [1.82, 2.24) is 10.2 Å². The molecule has 1 rings (SSSR count). The number of ether oxygens (including phenoxy) is 1. The molecule has 0 aliphatic rings. The molecule has 0 spiro atoms. The van der Waals surface area contributed by atoms with Crippen LogP contribution in [0.5, 0.6) is 0 Å². The summed E-state index contributed by atoms with van der Waals surface area (Å²) < 4.78 is 10.2. The molecule has 0 atom stereocenters. The van der Waals surface area contributed by atoms with E-state index in [0.717, 1.165) is 0 Å². The number of carboxylic acid groups (broad SMARTS) is 1. The van der Waals surface area contributed by atoms with Crippen LogP contribution in [0.15, 0.2) is 4.42 Å². The van der Waals surface area contributed by atoms with Crippen molar-refractivity contribution >= 4 is 5.97 Å². The van der Waals surface area contributed by atoms with Crippen molar-refractivity contribution in [1.29, 1.82) is 0 Å². The SMILES string of the molecule is CCOCc1nnc(CCC(=O)O)o1. The summed E-state index contributed by atoms with van der Waals surface area (Å²) in [6.45, 7) is 2.71. The smallest absolute Gasteiger partial charge is 0.303 e. The van der Waals surface area contributed by atoms with Gasteiger partial charge in [-0.3, -0.25) is 4.79 Å². The lowest BCUT2D eigenvalue weighted by Crippen LogP contribution is -1.97. The zero-order valence-electron chi connectivity index (χ0n) is 7.89. The van der Waals surface area contributed by atoms with Gasteiger partial charge in [0, 0.05) is 13.0 Å². The summed E-state index contributed by atoms with van der Waals surface area (Å²) in [6.07, 6.45) is 0.255. The molecular weight excluding hydrogens is 188 g/mol. The van der Waals surface area contributed by atoms with Crippen LogP contribution in [0.3, 0.4) is 0 Å². The third-order valence-corrected chi connectivity index (χ3v) is 1.49. The number of hydrogen-bond donors (Lipinski definition) is 1. The predicted octanol–water partition coefficient (Wildman–Crippen LogP) is 0.623. The molecule has 0 saturated carbocycles. The highest BCUT2D eigenvalue weighted by atomic mass is 16.5. The monoisotopic (exact) mass is 200 g/mol. The van der Waals surface area contributed by atoms with E-state index in [2.05, 4.69) is 10.2 Å². The molecule has 78 valence electrons. The van der Waals surface area contributed by atoms with E-state index in [9.17, 15) is 4.79 Å². The lowest BCUT2D eigenvalue weighted by molar-refractivity contribution is -0.137. The van der Waals surface area contributed by atoms with Crippen molar-refractivity contribution in [3.8, 4) is 0 Å². The molecule has 0 aliphatic heterocycles. The second kappa shape index (κ2) is 5.33. The fourth-order valence-electron chi connectivity index (χ4n) is 0.851. The number of hydrogen-bond acceptors (Lipinski definition) is 5. The zero-order valence-corrected chi connectivity index (χ0v) is 7.89. The lowest BCUT2D eigenvalue weighted by Gasteiger charge is -1.93. The van der Waals surface area contributed by atoms with E-state index < -0.39 is 5.97 Å². The van der Waals surface area contributed by atoms with Crippen LogP contribution in [0.1, 0.15) is 25.1 Å². The fraction of sp³-hybridized carbons (Fsp3) is 0.625. The molecule has 14 heavy (non-hydrogen) atoms. The molecule has 0 fully saturated rings. The van der Waals surface area contributed by atoms with E-state index >= 15 is 0 Å². The number of rotatable bonds is 6. The molecule has 0 aromatic carbocycles. The highest BCUT2D eigenvalue weighted by molar-refractivity contribution is 5.66. The quantitative estimate of drug-likeness (QED) is 0.724. The van der Waals surface area contributed by atoms with Gasteiger partial charge in [0.05, 0.1) is 6.42 Å². The van der Waals surface area contributed by atoms with E-state index in [1.54, 1.807) is 0 Å². The Morgan fingerprint density at radius 3 is 2.86 bits per heavy atom. The lowest BCUT2D eigenvalue weighted by atomic mass is 10.3. The highest BCUT2D eigenvalue weighted by Crippen LogP contribution is 2.03. The van der Waals surface area contributed by atoms with Crippen LogP contribution in [0, 0.1) is 0 Å². The molecule has 1 heterocycles. The largest absolute Gasteiger partial charge is 0.481 e. The minimum absolute atomic E-state index is 0.00370. The van der Waals surface area contributed by atoms with Gasteiger partial charge in [-0.25, -0.2) is 0 Å². The van der Waals surface area contributed by atoms with E-state index in [0.29, 0.717) is 18.4 Å². The average molecular weight is 200 g/mol. The molecule has 0 amide bonds. The third kappa shape index (κ3) is 3.53. The van der Waals surface area contributed by atoms with Gasteiger partial charge in [-0.15, -0.1) is 10.2 Å². The summed E-state index contributed by atoms with van der Waals surface area (Å²) in [6, 6.07) is 0. The Bertz CT molecular complexity index is 297. The van der Waals surface area contributed by atoms with E-state index in [4.69, 9.17) is 14.3 Å². The molecule has 1 aromatic heterocycles. The van der Waals surface area contributed by atoms with Gasteiger partial charge in [0.25, 0.3) is 0 Å². The standard InChI is InChI=1S/C8H12N2O4/c1-2-13-5-7-10-9-6(14-7)3-4-8(11)12/h2-5H2,1H3,(H,11,12). The topological polar surface area (TPSA) is 85.5 Å². The van der Waals surface area contributed by atoms with E-state index in [-0.39, 0.29) is 19.4 Å². The van der Waals surface area contributed by atoms with Gasteiger partial charge in [0.2, 0.25) is 11.8 Å². The summed E-state index contributed by atoms with van der Waals surface area (Å²) in [7, 11) is 0. The maximum atomic E-state index is 10.2. The first-order valence-corrected chi connectivity index (χ1v) is 4.33. The summed E-state index contributed by atoms with van der Waals surface area (Å²) in [5.74, 6) is -0.163. The summed E-state index contributed by atoms with van der Waals surface area (Å²) >= 11 is 0. The van der Waals surface area contributed by atoms with Gasteiger partial charge in [-0.1, -0.05) is 0 Å². The van der Waals surface area contributed by atoms with Gasteiger partial charge in [0.1, 0.15) is 6.61 Å². The Hall–Kier alpha value is -1.43. The van der Waals surface area contributed by atoms with Crippen molar-refractivity contribution in [2.75, 3.05) is 6.61 Å². The van der Waals surface area contributed by atoms with Gasteiger partial charge in [0.15, 0.2) is 0 Å². The minimum Gasteiger partial charge on any atom is -0.481 e. The van der Waals surface area contributed by atoms with Crippen molar-refractivity contribution in [3.05, 3.63) is 11.8 Å². The Kier molecular flexibility index (Phi) is 4.06. The molecule has 0 aliphatic carbocycles. The minimum atomic E-state index is -0.880. The summed E-state index contributed by atoms with van der Waals surface area (Å²) in [4.78, 5) is 10.2. The molecule has 0 radical (unpaired) electrons. The van der Waals surface area contributed by atoms with Crippen molar-refractivity contribution in [2.24, 2.45) is 0 Å². The fourth-order valence-corrected chi connectivity index (χ4v) is 0.851. The van der Waals surface area contributed by atoms with Crippen LogP contribution in [0.4, 0.5) is 0 Å². The van der Waals surface area contributed by atoms with Gasteiger partial charge in [-0.05, 0) is 6.92 Å². The first-order chi connectivity index (χ1) is 6.72. The van der Waals surface area contributed by atoms with Crippen molar-refractivity contribution in [2.45, 2.75) is 26.4 Å². The second-order valence-electron chi connectivity index (χ2n) is 2.62. The molecule has 0 bridgehead atoms. The first-order valence-electron chi connectivity index (χ1n) is 4.33. The summed E-state index contributed by atoms with van der Waals surface area (Å²) in [5, 5.41) is 15.8. The van der Waals surface area contributed by atoms with Crippen LogP contribution in [0.2, 0.25) is 0 Å². The summed E-state index contributed by atoms with van der Waals surface area (Å²) in [5.41, 5.74) is 0. The van der Waals surface area contributed by atoms with E-state index in [1.165, 1.54) is 0 Å². The number of carbonyl (C=O) groups is 1.